The van der Waals surface area contributed by atoms with Crippen molar-refractivity contribution in [3.05, 3.63) is 167 Å². The molecule has 0 saturated heterocycles. The van der Waals surface area contributed by atoms with Crippen LogP contribution < -0.4 is 15.2 Å². The Morgan fingerprint density at radius 2 is 1.07 bits per heavy atom. The molecule has 1 aliphatic rings. The molecule has 0 bridgehead atoms. The SMILES string of the molecule is Cc1ccc2c(c1)-c1ccccc1Oc1ccccc1-c1cc(C)ccc1N2c1ccc2c(=O)n(-c3ccccc3)cc(C)c2c1. The summed E-state index contributed by atoms with van der Waals surface area (Å²) in [5, 5.41) is 1.62. The third-order valence-corrected chi connectivity index (χ3v) is 8.85. The van der Waals surface area contributed by atoms with Crippen LogP contribution in [0.25, 0.3) is 38.7 Å². The molecule has 4 heteroatoms. The van der Waals surface area contributed by atoms with Gasteiger partial charge in [-0.1, -0.05) is 77.9 Å². The lowest BCUT2D eigenvalue weighted by Crippen LogP contribution is -2.19. The monoisotopic (exact) mass is 596 g/mol. The minimum absolute atomic E-state index is 0.0358. The number of anilines is 3. The predicted molar refractivity (Wildman–Crippen MR) is 189 cm³/mol. The number of nitrogens with zero attached hydrogens (tertiary/aromatic N) is 2. The highest BCUT2D eigenvalue weighted by Crippen LogP contribution is 2.50. The summed E-state index contributed by atoms with van der Waals surface area (Å²) in [4.78, 5) is 16.2. The molecule has 1 aromatic heterocycles. The zero-order chi connectivity index (χ0) is 31.4. The number of aromatic nitrogens is 1. The largest absolute Gasteiger partial charge is 0.456 e. The van der Waals surface area contributed by atoms with Gasteiger partial charge in [-0.2, -0.15) is 0 Å². The number of pyridine rings is 1. The van der Waals surface area contributed by atoms with E-state index in [0.717, 1.165) is 78.6 Å². The van der Waals surface area contributed by atoms with Crippen LogP contribution in [0.15, 0.2) is 144 Å². The van der Waals surface area contributed by atoms with E-state index in [-0.39, 0.29) is 5.56 Å². The van der Waals surface area contributed by atoms with E-state index in [0.29, 0.717) is 5.39 Å². The van der Waals surface area contributed by atoms with Gasteiger partial charge in [0.05, 0.1) is 11.4 Å². The molecule has 222 valence electrons. The number of para-hydroxylation sites is 3. The Labute approximate surface area is 268 Å². The molecule has 0 fully saturated rings. The van der Waals surface area contributed by atoms with Gasteiger partial charge in [-0.3, -0.25) is 9.36 Å². The lowest BCUT2D eigenvalue weighted by molar-refractivity contribution is 0.486. The molecule has 0 N–H and O–H groups in total. The van der Waals surface area contributed by atoms with Crippen molar-refractivity contribution in [2.24, 2.45) is 0 Å². The van der Waals surface area contributed by atoms with E-state index in [1.54, 1.807) is 4.57 Å². The van der Waals surface area contributed by atoms with Crippen LogP contribution in [0.1, 0.15) is 16.7 Å². The molecule has 0 saturated carbocycles. The molecule has 46 heavy (non-hydrogen) atoms. The molecular formula is C42H32N2O2. The van der Waals surface area contributed by atoms with Crippen LogP contribution in [-0.4, -0.2) is 4.57 Å². The fourth-order valence-corrected chi connectivity index (χ4v) is 6.62. The Hall–Kier alpha value is -5.87. The number of benzene rings is 6. The highest BCUT2D eigenvalue weighted by Gasteiger charge is 2.25. The minimum Gasteiger partial charge on any atom is -0.456 e. The maximum absolute atomic E-state index is 13.8. The van der Waals surface area contributed by atoms with E-state index in [4.69, 9.17) is 4.74 Å². The summed E-state index contributed by atoms with van der Waals surface area (Å²) in [5.41, 5.74) is 11.3. The van der Waals surface area contributed by atoms with Crippen LogP contribution in [0, 0.1) is 20.8 Å². The Kier molecular flexibility index (Phi) is 6.58. The third-order valence-electron chi connectivity index (χ3n) is 8.85. The van der Waals surface area contributed by atoms with E-state index in [9.17, 15) is 4.79 Å². The summed E-state index contributed by atoms with van der Waals surface area (Å²) < 4.78 is 8.47. The summed E-state index contributed by atoms with van der Waals surface area (Å²) in [6.45, 7) is 6.32. The summed E-state index contributed by atoms with van der Waals surface area (Å²) in [6, 6.07) is 45.7. The van der Waals surface area contributed by atoms with Gasteiger partial charge >= 0.3 is 0 Å². The first-order valence-corrected chi connectivity index (χ1v) is 15.6. The van der Waals surface area contributed by atoms with Crippen molar-refractivity contribution in [3.8, 4) is 39.4 Å². The minimum atomic E-state index is -0.0358. The first kappa shape index (κ1) is 27.7. The molecule has 0 unspecified atom stereocenters. The van der Waals surface area contributed by atoms with Gasteiger partial charge in [0.1, 0.15) is 11.5 Å². The molecule has 2 heterocycles. The van der Waals surface area contributed by atoms with Crippen molar-refractivity contribution < 1.29 is 4.74 Å². The van der Waals surface area contributed by atoms with Gasteiger partial charge < -0.3 is 9.64 Å². The van der Waals surface area contributed by atoms with Crippen LogP contribution in [0.2, 0.25) is 0 Å². The summed E-state index contributed by atoms with van der Waals surface area (Å²) >= 11 is 0. The van der Waals surface area contributed by atoms with Crippen molar-refractivity contribution in [2.45, 2.75) is 20.8 Å². The molecule has 0 aliphatic carbocycles. The van der Waals surface area contributed by atoms with Crippen molar-refractivity contribution in [1.82, 2.24) is 4.57 Å². The second-order valence-electron chi connectivity index (χ2n) is 12.0. The van der Waals surface area contributed by atoms with Gasteiger partial charge in [0.2, 0.25) is 0 Å². The van der Waals surface area contributed by atoms with Crippen molar-refractivity contribution in [1.29, 1.82) is 0 Å². The maximum atomic E-state index is 13.8. The molecule has 8 rings (SSSR count). The normalized spacial score (nSPS) is 12.0. The van der Waals surface area contributed by atoms with E-state index >= 15 is 0 Å². The van der Waals surface area contributed by atoms with Crippen LogP contribution >= 0.6 is 0 Å². The van der Waals surface area contributed by atoms with Gasteiger partial charge in [0.15, 0.2) is 0 Å². The predicted octanol–water partition coefficient (Wildman–Crippen LogP) is 10.8. The molecule has 1 aliphatic heterocycles. The van der Waals surface area contributed by atoms with E-state index in [1.165, 1.54) is 0 Å². The highest BCUT2D eigenvalue weighted by atomic mass is 16.5. The molecule has 7 aromatic rings. The second kappa shape index (κ2) is 10.9. The summed E-state index contributed by atoms with van der Waals surface area (Å²) in [6.07, 6.45) is 1.95. The van der Waals surface area contributed by atoms with E-state index in [2.05, 4.69) is 98.5 Å². The lowest BCUT2D eigenvalue weighted by atomic mass is 9.94. The Morgan fingerprint density at radius 1 is 0.500 bits per heavy atom. The molecular weight excluding hydrogens is 564 g/mol. The number of fused-ring (bicyclic) bond motifs is 7. The number of aryl methyl sites for hydroxylation is 3. The lowest BCUT2D eigenvalue weighted by Gasteiger charge is -2.32. The van der Waals surface area contributed by atoms with Crippen molar-refractivity contribution in [2.75, 3.05) is 4.90 Å². The second-order valence-corrected chi connectivity index (χ2v) is 12.0. The number of hydrogen-bond acceptors (Lipinski definition) is 3. The molecule has 0 atom stereocenters. The third kappa shape index (κ3) is 4.58. The average molecular weight is 597 g/mol. The highest BCUT2D eigenvalue weighted by molar-refractivity contribution is 5.98. The zero-order valence-electron chi connectivity index (χ0n) is 26.0. The first-order chi connectivity index (χ1) is 22.5. The van der Waals surface area contributed by atoms with E-state index < -0.39 is 0 Å². The standard InChI is InChI=1S/C42H32N2O2/c1-27-17-21-38-36(23-27)32-13-7-9-15-40(32)46-41-16-10-8-14-33(41)37-24-28(2)18-22-39(37)44(38)31-19-20-34-35(25-31)29(3)26-43(42(34)45)30-11-5-4-6-12-30/h4-26H,1-3H3. The molecule has 0 spiro atoms. The van der Waals surface area contributed by atoms with Crippen molar-refractivity contribution >= 4 is 27.8 Å². The first-order valence-electron chi connectivity index (χ1n) is 15.6. The van der Waals surface area contributed by atoms with Gasteiger partial charge in [-0.15, -0.1) is 0 Å². The number of ether oxygens (including phenoxy) is 1. The molecule has 6 aromatic carbocycles. The Balaban J connectivity index is 1.45. The van der Waals surface area contributed by atoms with Crippen LogP contribution in [-0.2, 0) is 0 Å². The quantitative estimate of drug-likeness (QED) is 0.199. The van der Waals surface area contributed by atoms with Gasteiger partial charge in [-0.25, -0.2) is 0 Å². The van der Waals surface area contributed by atoms with Gasteiger partial charge in [0.25, 0.3) is 5.56 Å². The average Bonchev–Trinajstić information content (AvgIpc) is 3.08. The smallest absolute Gasteiger partial charge is 0.262 e. The zero-order valence-corrected chi connectivity index (χ0v) is 26.0. The fourth-order valence-electron chi connectivity index (χ4n) is 6.62. The van der Waals surface area contributed by atoms with Gasteiger partial charge in [0, 0.05) is 45.2 Å². The van der Waals surface area contributed by atoms with E-state index in [1.807, 2.05) is 66.9 Å². The molecule has 0 amide bonds. The Bertz CT molecular complexity index is 2260. The molecule has 4 nitrogen and oxygen atoms in total. The summed E-state index contributed by atoms with van der Waals surface area (Å²) in [5.74, 6) is 1.60. The summed E-state index contributed by atoms with van der Waals surface area (Å²) in [7, 11) is 0. The number of hydrogen-bond donors (Lipinski definition) is 0. The topological polar surface area (TPSA) is 34.5 Å². The number of rotatable bonds is 2. The van der Waals surface area contributed by atoms with Gasteiger partial charge in [-0.05, 0) is 98.5 Å². The fraction of sp³-hybridized carbons (Fsp3) is 0.0714. The maximum Gasteiger partial charge on any atom is 0.262 e. The van der Waals surface area contributed by atoms with Crippen LogP contribution in [0.3, 0.4) is 0 Å². The Morgan fingerprint density at radius 3 is 1.67 bits per heavy atom. The molecule has 0 radical (unpaired) electrons. The van der Waals surface area contributed by atoms with Crippen LogP contribution in [0.4, 0.5) is 17.1 Å². The van der Waals surface area contributed by atoms with Crippen LogP contribution in [0.5, 0.6) is 11.5 Å². The van der Waals surface area contributed by atoms with Crippen molar-refractivity contribution in [3.63, 3.8) is 0 Å².